The van der Waals surface area contributed by atoms with Gasteiger partial charge in [0.1, 0.15) is 17.7 Å². The van der Waals surface area contributed by atoms with Crippen molar-refractivity contribution in [3.63, 3.8) is 0 Å². The summed E-state index contributed by atoms with van der Waals surface area (Å²) in [5.41, 5.74) is 7.12. The van der Waals surface area contributed by atoms with E-state index in [1.165, 1.54) is 0 Å². The van der Waals surface area contributed by atoms with Crippen LogP contribution in [0.3, 0.4) is 0 Å². The fraction of sp³-hybridized carbons (Fsp3) is 0.500. The fourth-order valence-electron chi connectivity index (χ4n) is 3.61. The van der Waals surface area contributed by atoms with Gasteiger partial charge in [0.05, 0.1) is 32.0 Å². The van der Waals surface area contributed by atoms with Crippen LogP contribution in [0.1, 0.15) is 12.8 Å². The second-order valence-corrected chi connectivity index (χ2v) is 7.73. The Bertz CT molecular complexity index is 890. The van der Waals surface area contributed by atoms with Crippen LogP contribution in [-0.2, 0) is 9.53 Å². The van der Waals surface area contributed by atoms with Crippen LogP contribution >= 0.6 is 0 Å². The van der Waals surface area contributed by atoms with E-state index in [1.54, 1.807) is 12.4 Å². The lowest BCUT2D eigenvalue weighted by molar-refractivity contribution is -0.141. The fourth-order valence-corrected chi connectivity index (χ4v) is 3.61. The predicted molar refractivity (Wildman–Crippen MR) is 106 cm³/mol. The van der Waals surface area contributed by atoms with Gasteiger partial charge in [-0.05, 0) is 12.8 Å². The first-order chi connectivity index (χ1) is 14.2. The smallest absolute Gasteiger partial charge is 0.225 e. The average Bonchev–Trinajstić information content (AvgIpc) is 3.56. The number of rotatable bonds is 5. The van der Waals surface area contributed by atoms with Gasteiger partial charge in [-0.2, -0.15) is 0 Å². The van der Waals surface area contributed by atoms with Crippen molar-refractivity contribution in [2.45, 2.75) is 18.9 Å². The van der Waals surface area contributed by atoms with E-state index in [0.29, 0.717) is 26.3 Å². The first-order valence-corrected chi connectivity index (χ1v) is 10.0. The SMILES string of the molecule is Nc1ncc(-c2cc(OC3CN(C(=O)C4CC4)C3)cc(N3CCOCC3)n2)cn1. The Morgan fingerprint density at radius 1 is 1.14 bits per heavy atom. The molecule has 0 radical (unpaired) electrons. The van der Waals surface area contributed by atoms with Crippen molar-refractivity contribution >= 4 is 17.7 Å². The van der Waals surface area contributed by atoms with E-state index in [2.05, 4.69) is 14.9 Å². The van der Waals surface area contributed by atoms with Crippen molar-refractivity contribution in [2.75, 3.05) is 50.0 Å². The summed E-state index contributed by atoms with van der Waals surface area (Å²) in [5.74, 6) is 2.32. The van der Waals surface area contributed by atoms with E-state index in [9.17, 15) is 4.79 Å². The summed E-state index contributed by atoms with van der Waals surface area (Å²) in [4.78, 5) is 29.1. The van der Waals surface area contributed by atoms with Gasteiger partial charge in [0.2, 0.25) is 11.9 Å². The minimum absolute atomic E-state index is 0.00755. The van der Waals surface area contributed by atoms with E-state index >= 15 is 0 Å². The van der Waals surface area contributed by atoms with Crippen LogP contribution in [0, 0.1) is 5.92 Å². The third-order valence-corrected chi connectivity index (χ3v) is 5.48. The van der Waals surface area contributed by atoms with Crippen molar-refractivity contribution in [1.29, 1.82) is 0 Å². The molecule has 3 aliphatic rings. The highest BCUT2D eigenvalue weighted by molar-refractivity contribution is 5.81. The molecule has 4 heterocycles. The summed E-state index contributed by atoms with van der Waals surface area (Å²) in [6.07, 6.45) is 5.39. The molecule has 0 aromatic carbocycles. The Morgan fingerprint density at radius 3 is 2.55 bits per heavy atom. The third kappa shape index (κ3) is 3.95. The molecule has 9 nitrogen and oxygen atoms in total. The Morgan fingerprint density at radius 2 is 1.86 bits per heavy atom. The average molecular weight is 396 g/mol. The lowest BCUT2D eigenvalue weighted by Crippen LogP contribution is -2.56. The van der Waals surface area contributed by atoms with Crippen LogP contribution < -0.4 is 15.4 Å². The number of hydrogen-bond acceptors (Lipinski definition) is 8. The number of morpholine rings is 1. The van der Waals surface area contributed by atoms with Gasteiger partial charge >= 0.3 is 0 Å². The summed E-state index contributed by atoms with van der Waals surface area (Å²) >= 11 is 0. The largest absolute Gasteiger partial charge is 0.487 e. The molecule has 2 aliphatic heterocycles. The second kappa shape index (κ2) is 7.47. The number of pyridine rings is 1. The van der Waals surface area contributed by atoms with Gasteiger partial charge in [0, 0.05) is 49.1 Å². The molecule has 9 heteroatoms. The van der Waals surface area contributed by atoms with E-state index in [4.69, 9.17) is 20.2 Å². The minimum atomic E-state index is 0.00755. The molecular weight excluding hydrogens is 372 g/mol. The van der Waals surface area contributed by atoms with E-state index in [-0.39, 0.29) is 23.9 Å². The summed E-state index contributed by atoms with van der Waals surface area (Å²) in [7, 11) is 0. The number of nitrogen functional groups attached to an aromatic ring is 1. The van der Waals surface area contributed by atoms with Crippen LogP contribution in [0.15, 0.2) is 24.5 Å². The van der Waals surface area contributed by atoms with Crippen molar-refractivity contribution in [1.82, 2.24) is 19.9 Å². The number of nitrogens with two attached hydrogens (primary N) is 1. The number of nitrogens with zero attached hydrogens (tertiary/aromatic N) is 5. The second-order valence-electron chi connectivity index (χ2n) is 7.73. The maximum Gasteiger partial charge on any atom is 0.225 e. The van der Waals surface area contributed by atoms with Crippen molar-refractivity contribution in [2.24, 2.45) is 5.92 Å². The molecule has 0 bridgehead atoms. The van der Waals surface area contributed by atoms with Crippen molar-refractivity contribution in [3.05, 3.63) is 24.5 Å². The molecule has 5 rings (SSSR count). The third-order valence-electron chi connectivity index (χ3n) is 5.48. The normalized spacial score (nSPS) is 19.7. The van der Waals surface area contributed by atoms with E-state index in [1.807, 2.05) is 17.0 Å². The number of carbonyl (C=O) groups is 1. The highest BCUT2D eigenvalue weighted by Gasteiger charge is 2.40. The zero-order valence-electron chi connectivity index (χ0n) is 16.2. The summed E-state index contributed by atoms with van der Waals surface area (Å²) in [5, 5.41) is 0. The Labute approximate surface area is 168 Å². The van der Waals surface area contributed by atoms with Gasteiger partial charge in [-0.3, -0.25) is 4.79 Å². The van der Waals surface area contributed by atoms with Gasteiger partial charge in [0.25, 0.3) is 0 Å². The molecule has 29 heavy (non-hydrogen) atoms. The molecule has 0 unspecified atom stereocenters. The number of carbonyl (C=O) groups excluding carboxylic acids is 1. The highest BCUT2D eigenvalue weighted by atomic mass is 16.5. The predicted octanol–water partition coefficient (Wildman–Crippen LogP) is 0.957. The van der Waals surface area contributed by atoms with Gasteiger partial charge in [0.15, 0.2) is 0 Å². The van der Waals surface area contributed by atoms with Gasteiger partial charge in [-0.15, -0.1) is 0 Å². The molecule has 3 fully saturated rings. The molecule has 2 saturated heterocycles. The summed E-state index contributed by atoms with van der Waals surface area (Å²) in [6.45, 7) is 4.19. The molecule has 2 N–H and O–H groups in total. The van der Waals surface area contributed by atoms with Crippen LogP contribution in [0.25, 0.3) is 11.3 Å². The molecule has 152 valence electrons. The standard InChI is InChI=1S/C20H24N6O3/c21-20-22-9-14(10-23-20)17-7-15(8-18(24-17)25-3-5-28-6-4-25)29-16-11-26(12-16)19(27)13-1-2-13/h7-10,13,16H,1-6,11-12H2,(H2,21,22,23). The Kier molecular flexibility index (Phi) is 4.67. The lowest BCUT2D eigenvalue weighted by Gasteiger charge is -2.39. The zero-order valence-corrected chi connectivity index (χ0v) is 16.2. The minimum Gasteiger partial charge on any atom is -0.487 e. The Hall–Kier alpha value is -2.94. The number of anilines is 2. The number of aromatic nitrogens is 3. The molecular formula is C20H24N6O3. The zero-order chi connectivity index (χ0) is 19.8. The van der Waals surface area contributed by atoms with Crippen LogP contribution in [-0.4, -0.2) is 71.3 Å². The number of ether oxygens (including phenoxy) is 2. The first-order valence-electron chi connectivity index (χ1n) is 10.0. The number of likely N-dealkylation sites (tertiary alicyclic amines) is 1. The molecule has 1 saturated carbocycles. The lowest BCUT2D eigenvalue weighted by atomic mass is 10.1. The monoisotopic (exact) mass is 396 g/mol. The van der Waals surface area contributed by atoms with Gasteiger partial charge in [-0.1, -0.05) is 0 Å². The van der Waals surface area contributed by atoms with Crippen LogP contribution in [0.5, 0.6) is 5.75 Å². The number of amides is 1. The van der Waals surface area contributed by atoms with Crippen LogP contribution in [0.4, 0.5) is 11.8 Å². The summed E-state index contributed by atoms with van der Waals surface area (Å²) in [6, 6.07) is 3.85. The van der Waals surface area contributed by atoms with Gasteiger partial charge in [-0.25, -0.2) is 15.0 Å². The molecule has 1 aliphatic carbocycles. The highest BCUT2D eigenvalue weighted by Crippen LogP contribution is 2.34. The maximum atomic E-state index is 12.1. The first kappa shape index (κ1) is 18.1. The Balaban J connectivity index is 1.36. The maximum absolute atomic E-state index is 12.1. The topological polar surface area (TPSA) is 107 Å². The quantitative estimate of drug-likeness (QED) is 0.796. The molecule has 2 aromatic heterocycles. The van der Waals surface area contributed by atoms with Crippen LogP contribution in [0.2, 0.25) is 0 Å². The van der Waals surface area contributed by atoms with E-state index < -0.39 is 0 Å². The molecule has 0 atom stereocenters. The summed E-state index contributed by atoms with van der Waals surface area (Å²) < 4.78 is 11.6. The molecule has 2 aromatic rings. The van der Waals surface area contributed by atoms with Crippen molar-refractivity contribution in [3.8, 4) is 17.0 Å². The molecule has 1 amide bonds. The molecule has 0 spiro atoms. The number of hydrogen-bond donors (Lipinski definition) is 1. The van der Waals surface area contributed by atoms with E-state index in [0.717, 1.165) is 48.8 Å². The van der Waals surface area contributed by atoms with Crippen molar-refractivity contribution < 1.29 is 14.3 Å². The van der Waals surface area contributed by atoms with Gasteiger partial charge < -0.3 is 25.0 Å².